The van der Waals surface area contributed by atoms with E-state index in [0.29, 0.717) is 61.0 Å². The lowest BCUT2D eigenvalue weighted by molar-refractivity contribution is -0.172. The minimum absolute atomic E-state index is 0.0962. The lowest BCUT2D eigenvalue weighted by atomic mass is 10.0. The van der Waals surface area contributed by atoms with Gasteiger partial charge < -0.3 is 34.8 Å². The number of halogens is 3. The molecule has 1 aromatic heterocycles. The fourth-order valence-electron chi connectivity index (χ4n) is 5.04. The second-order valence-corrected chi connectivity index (χ2v) is 11.0. The molecular weight excluding hydrogens is 581 g/mol. The molecule has 2 aliphatic rings. The van der Waals surface area contributed by atoms with Gasteiger partial charge in [-0.05, 0) is 46.0 Å². The van der Waals surface area contributed by atoms with E-state index in [9.17, 15) is 22.8 Å². The molecule has 240 valence electrons. The van der Waals surface area contributed by atoms with Gasteiger partial charge in [0.25, 0.3) is 0 Å². The number of urea groups is 1. The second kappa shape index (κ2) is 13.7. The van der Waals surface area contributed by atoms with E-state index in [1.807, 2.05) is 30.9 Å². The SMILES string of the molecule is C=CC(=O)Nc1cc(Nc2ncc3c(n2)N(C2CCOCC2)C(=O)N([C@@H](C)C(F)(F)F)C3)c(OC)cc1N(C)CCN(C)C. The summed E-state index contributed by atoms with van der Waals surface area (Å²) in [5, 5.41) is 5.94. The van der Waals surface area contributed by atoms with Gasteiger partial charge in [-0.2, -0.15) is 18.2 Å². The molecule has 15 heteroatoms. The minimum atomic E-state index is -4.60. The predicted octanol–water partition coefficient (Wildman–Crippen LogP) is 4.22. The number of fused-ring (bicyclic) bond motifs is 1. The number of aromatic nitrogens is 2. The number of methoxy groups -OCH3 is 1. The van der Waals surface area contributed by atoms with Crippen LogP contribution in [-0.4, -0.2) is 105 Å². The third-order valence-electron chi connectivity index (χ3n) is 7.66. The standard InChI is InChI=1S/C29H39F3N8O4/c1-7-25(41)34-21-14-22(24(43-6)15-23(21)38(5)11-10-37(3)4)35-27-33-16-19-17-39(18(2)29(30,31)32)28(42)40(26(19)36-27)20-8-12-44-13-9-20/h7,14-16,18,20H,1,8-13,17H2,2-6H3,(H,34,41)(H,33,35,36)/t18-/m0/s1. The maximum absolute atomic E-state index is 13.7. The van der Waals surface area contributed by atoms with Crippen molar-refractivity contribution in [2.45, 2.75) is 44.6 Å². The Morgan fingerprint density at radius 1 is 1.23 bits per heavy atom. The molecule has 0 saturated carbocycles. The van der Waals surface area contributed by atoms with E-state index >= 15 is 0 Å². The summed E-state index contributed by atoms with van der Waals surface area (Å²) in [6.45, 7) is 6.39. The number of ether oxygens (including phenoxy) is 2. The third kappa shape index (κ3) is 7.33. The van der Waals surface area contributed by atoms with Crippen molar-refractivity contribution in [3.05, 3.63) is 36.5 Å². The molecule has 2 aromatic rings. The molecule has 1 fully saturated rings. The van der Waals surface area contributed by atoms with Gasteiger partial charge in [0.15, 0.2) is 0 Å². The Morgan fingerprint density at radius 2 is 1.93 bits per heavy atom. The Morgan fingerprint density at radius 3 is 2.55 bits per heavy atom. The maximum Gasteiger partial charge on any atom is 0.408 e. The van der Waals surface area contributed by atoms with Gasteiger partial charge >= 0.3 is 12.2 Å². The number of likely N-dealkylation sites (N-methyl/N-ethyl adjacent to an activating group) is 2. The monoisotopic (exact) mass is 620 g/mol. The molecule has 4 rings (SSSR count). The summed E-state index contributed by atoms with van der Waals surface area (Å²) in [6, 6.07) is 0.289. The first kappa shape index (κ1) is 32.8. The van der Waals surface area contributed by atoms with Crippen molar-refractivity contribution in [2.24, 2.45) is 0 Å². The van der Waals surface area contributed by atoms with E-state index in [2.05, 4.69) is 27.2 Å². The van der Waals surface area contributed by atoms with Crippen molar-refractivity contribution < 1.29 is 32.2 Å². The number of hydrogen-bond donors (Lipinski definition) is 2. The van der Waals surface area contributed by atoms with Gasteiger partial charge in [0.05, 0.1) is 30.7 Å². The van der Waals surface area contributed by atoms with Crippen LogP contribution in [0.4, 0.5) is 46.8 Å². The van der Waals surface area contributed by atoms with Crippen LogP contribution in [-0.2, 0) is 16.1 Å². The number of carbonyl (C=O) groups is 2. The van der Waals surface area contributed by atoms with Crippen molar-refractivity contribution in [1.29, 1.82) is 0 Å². The Balaban J connectivity index is 1.73. The van der Waals surface area contributed by atoms with Crippen molar-refractivity contribution in [1.82, 2.24) is 19.8 Å². The van der Waals surface area contributed by atoms with Gasteiger partial charge in [-0.15, -0.1) is 0 Å². The molecule has 1 saturated heterocycles. The highest BCUT2D eigenvalue weighted by Crippen LogP contribution is 2.39. The Bertz CT molecular complexity index is 1370. The summed E-state index contributed by atoms with van der Waals surface area (Å²) in [6.07, 6.45) is -1.10. The number of amides is 3. The Kier molecular flexibility index (Phi) is 10.2. The van der Waals surface area contributed by atoms with Crippen molar-refractivity contribution in [3.63, 3.8) is 0 Å². The van der Waals surface area contributed by atoms with E-state index in [0.717, 1.165) is 18.4 Å². The largest absolute Gasteiger partial charge is 0.494 e. The van der Waals surface area contributed by atoms with Gasteiger partial charge in [0, 0.05) is 57.2 Å². The topological polar surface area (TPSA) is 115 Å². The van der Waals surface area contributed by atoms with Crippen molar-refractivity contribution >= 4 is 40.8 Å². The zero-order valence-corrected chi connectivity index (χ0v) is 25.6. The molecule has 3 amide bonds. The maximum atomic E-state index is 13.7. The molecule has 1 atom stereocenters. The van der Waals surface area contributed by atoms with Gasteiger partial charge in [-0.25, -0.2) is 9.78 Å². The summed E-state index contributed by atoms with van der Waals surface area (Å²) in [4.78, 5) is 41.0. The zero-order chi connectivity index (χ0) is 32.2. The Hall–Kier alpha value is -4.11. The number of alkyl halides is 3. The summed E-state index contributed by atoms with van der Waals surface area (Å²) >= 11 is 0. The van der Waals surface area contributed by atoms with E-state index in [-0.39, 0.29) is 18.3 Å². The molecule has 0 unspecified atom stereocenters. The summed E-state index contributed by atoms with van der Waals surface area (Å²) in [7, 11) is 7.32. The fraction of sp³-hybridized carbons (Fsp3) is 0.517. The van der Waals surface area contributed by atoms with E-state index in [1.54, 1.807) is 12.1 Å². The highest BCUT2D eigenvalue weighted by atomic mass is 19.4. The van der Waals surface area contributed by atoms with Crippen LogP contribution in [0.2, 0.25) is 0 Å². The summed E-state index contributed by atoms with van der Waals surface area (Å²) in [5.41, 5.74) is 1.99. The minimum Gasteiger partial charge on any atom is -0.494 e. The number of benzene rings is 1. The van der Waals surface area contributed by atoms with Gasteiger partial charge in [-0.1, -0.05) is 6.58 Å². The average molecular weight is 621 g/mol. The molecule has 12 nitrogen and oxygen atoms in total. The van der Waals surface area contributed by atoms with Crippen LogP contribution in [0.5, 0.6) is 5.75 Å². The second-order valence-electron chi connectivity index (χ2n) is 11.0. The van der Waals surface area contributed by atoms with Crippen molar-refractivity contribution in [3.8, 4) is 5.75 Å². The zero-order valence-electron chi connectivity index (χ0n) is 25.6. The molecule has 2 aliphatic heterocycles. The molecule has 0 aliphatic carbocycles. The number of carbonyl (C=O) groups excluding carboxylic acids is 2. The molecule has 0 bridgehead atoms. The number of nitrogens with one attached hydrogen (secondary N) is 2. The number of anilines is 5. The predicted molar refractivity (Wildman–Crippen MR) is 162 cm³/mol. The number of hydrogen-bond acceptors (Lipinski definition) is 9. The lowest BCUT2D eigenvalue weighted by Crippen LogP contribution is -2.58. The first-order chi connectivity index (χ1) is 20.8. The fourth-order valence-corrected chi connectivity index (χ4v) is 5.04. The smallest absolute Gasteiger partial charge is 0.408 e. The molecule has 0 radical (unpaired) electrons. The molecule has 44 heavy (non-hydrogen) atoms. The first-order valence-corrected chi connectivity index (χ1v) is 14.2. The van der Waals surface area contributed by atoms with E-state index < -0.39 is 30.2 Å². The van der Waals surface area contributed by atoms with E-state index in [1.165, 1.54) is 24.3 Å². The van der Waals surface area contributed by atoms with Crippen molar-refractivity contribution in [2.75, 3.05) is 75.0 Å². The van der Waals surface area contributed by atoms with Crippen LogP contribution in [0, 0.1) is 0 Å². The normalized spacial score (nSPS) is 16.4. The highest BCUT2D eigenvalue weighted by Gasteiger charge is 2.47. The van der Waals surface area contributed by atoms with Crippen LogP contribution in [0.15, 0.2) is 31.0 Å². The molecule has 3 heterocycles. The molecule has 0 spiro atoms. The quantitative estimate of drug-likeness (QED) is 0.357. The van der Waals surface area contributed by atoms with Crippen LogP contribution in [0.25, 0.3) is 0 Å². The lowest BCUT2D eigenvalue weighted by Gasteiger charge is -2.43. The summed E-state index contributed by atoms with van der Waals surface area (Å²) in [5.74, 6) is 0.358. The van der Waals surface area contributed by atoms with Gasteiger partial charge in [0.1, 0.15) is 17.6 Å². The van der Waals surface area contributed by atoms with Crippen LogP contribution < -0.4 is 25.2 Å². The molecule has 2 N–H and O–H groups in total. The average Bonchev–Trinajstić information content (AvgIpc) is 2.99. The summed E-state index contributed by atoms with van der Waals surface area (Å²) < 4.78 is 52.2. The Labute approximate surface area is 254 Å². The number of nitrogens with zero attached hydrogens (tertiary/aromatic N) is 6. The van der Waals surface area contributed by atoms with E-state index in [4.69, 9.17) is 9.47 Å². The molecular formula is C29H39F3N8O4. The number of rotatable bonds is 11. The van der Waals surface area contributed by atoms with Crippen LogP contribution >= 0.6 is 0 Å². The van der Waals surface area contributed by atoms with Crippen LogP contribution in [0.3, 0.4) is 0 Å². The van der Waals surface area contributed by atoms with Gasteiger partial charge in [0.2, 0.25) is 11.9 Å². The van der Waals surface area contributed by atoms with Crippen LogP contribution in [0.1, 0.15) is 25.3 Å². The van der Waals surface area contributed by atoms with Gasteiger partial charge in [-0.3, -0.25) is 9.69 Å². The molecule has 1 aromatic carbocycles. The first-order valence-electron chi connectivity index (χ1n) is 14.2. The third-order valence-corrected chi connectivity index (χ3v) is 7.66. The highest BCUT2D eigenvalue weighted by molar-refractivity contribution is 6.02.